The van der Waals surface area contributed by atoms with E-state index in [-0.39, 0.29) is 0 Å². The molecule has 1 aromatic rings. The first-order valence-corrected chi connectivity index (χ1v) is 9.06. The summed E-state index contributed by atoms with van der Waals surface area (Å²) in [4.78, 5) is 8.35. The van der Waals surface area contributed by atoms with E-state index in [4.69, 9.17) is 17.0 Å². The molecule has 1 fully saturated rings. The van der Waals surface area contributed by atoms with Gasteiger partial charge in [-0.3, -0.25) is 4.90 Å². The molecule has 0 unspecified atom stereocenters. The second-order valence-electron chi connectivity index (χ2n) is 6.46. The van der Waals surface area contributed by atoms with Gasteiger partial charge in [0.15, 0.2) is 0 Å². The SMILES string of the molecule is CCCN1CCN(C(=S)CN2CCOc3ccc(C)cc32)CC1. The number of fused-ring (bicyclic) bond motifs is 1. The van der Waals surface area contributed by atoms with E-state index in [0.717, 1.165) is 56.6 Å². The van der Waals surface area contributed by atoms with Crippen LogP contribution in [-0.4, -0.2) is 67.2 Å². The molecule has 0 amide bonds. The zero-order valence-corrected chi connectivity index (χ0v) is 15.1. The summed E-state index contributed by atoms with van der Waals surface area (Å²) in [5.74, 6) is 0.984. The Labute approximate surface area is 145 Å². The number of rotatable bonds is 4. The Morgan fingerprint density at radius 1 is 1.17 bits per heavy atom. The van der Waals surface area contributed by atoms with E-state index in [0.29, 0.717) is 0 Å². The van der Waals surface area contributed by atoms with Crippen molar-refractivity contribution in [1.29, 1.82) is 0 Å². The van der Waals surface area contributed by atoms with Crippen molar-refractivity contribution >= 4 is 22.9 Å². The molecule has 3 rings (SSSR count). The molecule has 0 bridgehead atoms. The quantitative estimate of drug-likeness (QED) is 0.786. The summed E-state index contributed by atoms with van der Waals surface area (Å²) < 4.78 is 5.77. The predicted molar refractivity (Wildman–Crippen MR) is 99.8 cm³/mol. The first-order valence-electron chi connectivity index (χ1n) is 8.66. The third kappa shape index (κ3) is 3.96. The van der Waals surface area contributed by atoms with Gasteiger partial charge in [0.25, 0.3) is 0 Å². The van der Waals surface area contributed by atoms with Crippen LogP contribution in [0.2, 0.25) is 0 Å². The lowest BCUT2D eigenvalue weighted by Gasteiger charge is -2.38. The van der Waals surface area contributed by atoms with Crippen LogP contribution in [0.4, 0.5) is 5.69 Å². The highest BCUT2D eigenvalue weighted by Gasteiger charge is 2.23. The number of hydrogen-bond donors (Lipinski definition) is 0. The normalized spacial score (nSPS) is 18.5. The number of ether oxygens (including phenoxy) is 1. The van der Waals surface area contributed by atoms with Gasteiger partial charge in [0.05, 0.1) is 23.8 Å². The minimum absolute atomic E-state index is 0.739. The molecule has 2 aliphatic rings. The number of nitrogens with zero attached hydrogens (tertiary/aromatic N) is 3. The van der Waals surface area contributed by atoms with Crippen molar-refractivity contribution in [3.63, 3.8) is 0 Å². The van der Waals surface area contributed by atoms with Gasteiger partial charge in [-0.15, -0.1) is 0 Å². The summed E-state index contributed by atoms with van der Waals surface area (Å²) >= 11 is 5.74. The van der Waals surface area contributed by atoms with Crippen molar-refractivity contribution in [1.82, 2.24) is 9.80 Å². The van der Waals surface area contributed by atoms with Crippen molar-refractivity contribution in [2.24, 2.45) is 0 Å². The molecule has 126 valence electrons. The highest BCUT2D eigenvalue weighted by atomic mass is 32.1. The van der Waals surface area contributed by atoms with Crippen LogP contribution in [0.25, 0.3) is 0 Å². The van der Waals surface area contributed by atoms with E-state index in [1.165, 1.54) is 24.2 Å². The van der Waals surface area contributed by atoms with Gasteiger partial charge in [0.2, 0.25) is 0 Å². The third-order valence-electron chi connectivity index (χ3n) is 4.66. The van der Waals surface area contributed by atoms with E-state index >= 15 is 0 Å². The predicted octanol–water partition coefficient (Wildman–Crippen LogP) is 2.55. The van der Waals surface area contributed by atoms with Crippen molar-refractivity contribution in [2.45, 2.75) is 20.3 Å². The summed E-state index contributed by atoms with van der Waals surface area (Å²) in [7, 11) is 0. The summed E-state index contributed by atoms with van der Waals surface area (Å²) in [5, 5.41) is 0. The Hall–Kier alpha value is -1.33. The average Bonchev–Trinajstić information content (AvgIpc) is 2.56. The maximum absolute atomic E-state index is 5.77. The maximum atomic E-state index is 5.77. The third-order valence-corrected chi connectivity index (χ3v) is 5.05. The largest absolute Gasteiger partial charge is 0.490 e. The molecule has 2 aliphatic heterocycles. The molecule has 0 N–H and O–H groups in total. The fourth-order valence-corrected chi connectivity index (χ4v) is 3.69. The average molecular weight is 334 g/mol. The van der Waals surface area contributed by atoms with Crippen molar-refractivity contribution in [3.8, 4) is 5.75 Å². The molecule has 1 saturated heterocycles. The van der Waals surface area contributed by atoms with E-state index in [9.17, 15) is 0 Å². The lowest BCUT2D eigenvalue weighted by atomic mass is 10.1. The fraction of sp³-hybridized carbons (Fsp3) is 0.611. The highest BCUT2D eigenvalue weighted by Crippen LogP contribution is 2.32. The smallest absolute Gasteiger partial charge is 0.142 e. The summed E-state index contributed by atoms with van der Waals surface area (Å²) in [5.41, 5.74) is 2.45. The molecule has 23 heavy (non-hydrogen) atoms. The number of piperazine rings is 1. The molecule has 0 aliphatic carbocycles. The zero-order chi connectivity index (χ0) is 16.2. The van der Waals surface area contributed by atoms with Crippen molar-refractivity contribution in [2.75, 3.05) is 57.3 Å². The maximum Gasteiger partial charge on any atom is 0.142 e. The Bertz CT molecular complexity index is 555. The monoisotopic (exact) mass is 333 g/mol. The summed E-state index contributed by atoms with van der Waals surface area (Å²) in [6.45, 7) is 12.4. The van der Waals surface area contributed by atoms with Gasteiger partial charge < -0.3 is 14.5 Å². The molecular formula is C18H27N3OS. The number of thiocarbonyl (C=S) groups is 1. The molecule has 0 atom stereocenters. The molecule has 0 spiro atoms. The van der Waals surface area contributed by atoms with E-state index in [1.54, 1.807) is 0 Å². The molecule has 1 aromatic carbocycles. The summed E-state index contributed by atoms with van der Waals surface area (Å²) in [6.07, 6.45) is 1.23. The topological polar surface area (TPSA) is 19.0 Å². The van der Waals surface area contributed by atoms with E-state index < -0.39 is 0 Å². The van der Waals surface area contributed by atoms with E-state index in [2.05, 4.69) is 46.7 Å². The van der Waals surface area contributed by atoms with Crippen LogP contribution >= 0.6 is 12.2 Å². The van der Waals surface area contributed by atoms with Crippen molar-refractivity contribution < 1.29 is 4.74 Å². The Balaban J connectivity index is 1.60. The number of hydrogen-bond acceptors (Lipinski definition) is 4. The molecule has 0 saturated carbocycles. The summed E-state index contributed by atoms with van der Waals surface area (Å²) in [6, 6.07) is 6.38. The minimum atomic E-state index is 0.739. The number of aryl methyl sites for hydroxylation is 1. The molecule has 2 heterocycles. The van der Waals surface area contributed by atoms with Crippen LogP contribution in [0.3, 0.4) is 0 Å². The lowest BCUT2D eigenvalue weighted by molar-refractivity contribution is 0.183. The van der Waals surface area contributed by atoms with Gasteiger partial charge >= 0.3 is 0 Å². The van der Waals surface area contributed by atoms with Gasteiger partial charge in [0, 0.05) is 26.2 Å². The fourth-order valence-electron chi connectivity index (χ4n) is 3.35. The van der Waals surface area contributed by atoms with Gasteiger partial charge in [-0.05, 0) is 37.6 Å². The van der Waals surface area contributed by atoms with Gasteiger partial charge in [-0.2, -0.15) is 0 Å². The molecule has 0 radical (unpaired) electrons. The van der Waals surface area contributed by atoms with Crippen LogP contribution in [0.1, 0.15) is 18.9 Å². The lowest BCUT2D eigenvalue weighted by Crippen LogP contribution is -2.51. The van der Waals surface area contributed by atoms with Gasteiger partial charge in [-0.1, -0.05) is 25.2 Å². The molecule has 0 aromatic heterocycles. The zero-order valence-electron chi connectivity index (χ0n) is 14.3. The molecule has 5 heteroatoms. The van der Waals surface area contributed by atoms with Crippen LogP contribution in [0, 0.1) is 6.92 Å². The van der Waals surface area contributed by atoms with Gasteiger partial charge in [0.1, 0.15) is 12.4 Å². The number of anilines is 1. The van der Waals surface area contributed by atoms with E-state index in [1.807, 2.05) is 0 Å². The second-order valence-corrected chi connectivity index (χ2v) is 6.93. The van der Waals surface area contributed by atoms with Crippen LogP contribution in [0.5, 0.6) is 5.75 Å². The highest BCUT2D eigenvalue weighted by molar-refractivity contribution is 7.80. The first kappa shape index (κ1) is 16.5. The molecule has 4 nitrogen and oxygen atoms in total. The standard InChI is InChI=1S/C18H27N3OS/c1-3-6-19-7-9-20(10-8-19)18(23)14-21-11-12-22-17-5-4-15(2)13-16(17)21/h4-5,13H,3,6-12,14H2,1-2H3. The minimum Gasteiger partial charge on any atom is -0.490 e. The number of benzene rings is 1. The van der Waals surface area contributed by atoms with Gasteiger partial charge in [-0.25, -0.2) is 0 Å². The molecular weight excluding hydrogens is 306 g/mol. The van der Waals surface area contributed by atoms with Crippen molar-refractivity contribution in [3.05, 3.63) is 23.8 Å². The Morgan fingerprint density at radius 2 is 1.96 bits per heavy atom. The Kier molecular flexibility index (Phi) is 5.38. The van der Waals surface area contributed by atoms with Crippen LogP contribution in [-0.2, 0) is 0 Å². The second kappa shape index (κ2) is 7.49. The van der Waals surface area contributed by atoms with Crippen LogP contribution in [0.15, 0.2) is 18.2 Å². The van der Waals surface area contributed by atoms with Crippen LogP contribution < -0.4 is 9.64 Å². The first-order chi connectivity index (χ1) is 11.2. The Morgan fingerprint density at radius 3 is 2.70 bits per heavy atom.